The van der Waals surface area contributed by atoms with Crippen molar-refractivity contribution in [3.63, 3.8) is 0 Å². The molecule has 174 valence electrons. The molecule has 10 heteroatoms. The molecule has 0 radical (unpaired) electrons. The van der Waals surface area contributed by atoms with Gasteiger partial charge < -0.3 is 4.74 Å². The summed E-state index contributed by atoms with van der Waals surface area (Å²) in [5, 5.41) is 10.2. The summed E-state index contributed by atoms with van der Waals surface area (Å²) >= 11 is 0.353. The Bertz CT molecular complexity index is 1300. The van der Waals surface area contributed by atoms with Crippen LogP contribution in [0.25, 0.3) is 11.1 Å². The van der Waals surface area contributed by atoms with Crippen molar-refractivity contribution in [1.82, 2.24) is 0 Å². The van der Waals surface area contributed by atoms with Gasteiger partial charge in [0.2, 0.25) is 5.75 Å². The Kier molecular flexibility index (Phi) is 7.43. The fourth-order valence-electron chi connectivity index (χ4n) is 3.04. The number of hydrogen-bond donors (Lipinski definition) is 0. The highest BCUT2D eigenvalue weighted by Crippen LogP contribution is 2.33. The lowest BCUT2D eigenvalue weighted by molar-refractivity contribution is -0.276. The number of hydrogen-bond acceptors (Lipinski definition) is 3. The zero-order valence-electron chi connectivity index (χ0n) is 17.2. The molecule has 2 nitrogen and oxygen atoms in total. The summed E-state index contributed by atoms with van der Waals surface area (Å²) in [5.41, 5.74) is 1.43. The molecule has 0 amide bonds. The highest BCUT2D eigenvalue weighted by Gasteiger charge is 2.34. The third kappa shape index (κ3) is 5.83. The second-order valence-corrected chi connectivity index (χ2v) is 7.55. The van der Waals surface area contributed by atoms with Gasteiger partial charge in [-0.05, 0) is 71.3 Å². The molecule has 0 unspecified atom stereocenters. The first kappa shape index (κ1) is 25.0. The number of rotatable bonds is 4. The van der Waals surface area contributed by atoms with Gasteiger partial charge in [0.15, 0.2) is 11.6 Å². The van der Waals surface area contributed by atoms with Gasteiger partial charge in [0.1, 0.15) is 17.0 Å². The lowest BCUT2D eigenvalue weighted by atomic mass is 9.97. The normalized spacial score (nSPS) is 10.9. The van der Waals surface area contributed by atoms with Crippen molar-refractivity contribution in [3.8, 4) is 34.1 Å². The Balaban J connectivity index is 1.95. The molecule has 0 atom stereocenters. The fraction of sp³-hybridized carbons (Fsp3) is 0.125. The van der Waals surface area contributed by atoms with Crippen LogP contribution >= 0.6 is 11.8 Å². The smallest absolute Gasteiger partial charge is 0.399 e. The van der Waals surface area contributed by atoms with E-state index in [0.29, 0.717) is 34.9 Å². The number of nitriles is 1. The molecule has 0 saturated carbocycles. The standard InChI is InChI=1S/C24H12F7NOS/c1-2-14-9-16(17-10-18(25)22(19(26)11-17)33-24(29,30)31)6-5-15(14)4-3-13-7-20(27)23(34-12-32)21(28)8-13/h5-11H,2H2,1H3. The molecule has 0 bridgehead atoms. The molecule has 3 aromatic carbocycles. The van der Waals surface area contributed by atoms with Gasteiger partial charge in [-0.25, -0.2) is 17.6 Å². The van der Waals surface area contributed by atoms with Crippen molar-refractivity contribution in [1.29, 1.82) is 5.26 Å². The summed E-state index contributed by atoms with van der Waals surface area (Å²) in [6, 6.07) is 7.95. The van der Waals surface area contributed by atoms with E-state index in [9.17, 15) is 30.7 Å². The quantitative estimate of drug-likeness (QED) is 0.164. The Hall–Kier alpha value is -3.63. The molecule has 0 fully saturated rings. The molecule has 0 spiro atoms. The number of benzene rings is 3. The maximum Gasteiger partial charge on any atom is 0.573 e. The fourth-order valence-corrected chi connectivity index (χ4v) is 3.45. The molecule has 3 aromatic rings. The van der Waals surface area contributed by atoms with Crippen LogP contribution in [0.15, 0.2) is 47.4 Å². The Labute approximate surface area is 194 Å². The predicted molar refractivity (Wildman–Crippen MR) is 112 cm³/mol. The van der Waals surface area contributed by atoms with Crippen molar-refractivity contribution >= 4 is 11.8 Å². The number of ether oxygens (including phenoxy) is 1. The van der Waals surface area contributed by atoms with E-state index in [2.05, 4.69) is 16.6 Å². The molecule has 0 aromatic heterocycles. The van der Waals surface area contributed by atoms with Crippen LogP contribution < -0.4 is 4.74 Å². The van der Waals surface area contributed by atoms with E-state index in [1.54, 1.807) is 18.4 Å². The van der Waals surface area contributed by atoms with Crippen molar-refractivity contribution < 1.29 is 35.5 Å². The van der Waals surface area contributed by atoms with Crippen LogP contribution in [-0.2, 0) is 6.42 Å². The summed E-state index contributed by atoms with van der Waals surface area (Å²) in [4.78, 5) is -0.433. The third-order valence-electron chi connectivity index (χ3n) is 4.52. The van der Waals surface area contributed by atoms with Crippen LogP contribution in [0.5, 0.6) is 5.75 Å². The molecule has 3 rings (SSSR count). The summed E-state index contributed by atoms with van der Waals surface area (Å²) in [6.07, 6.45) is -4.82. The van der Waals surface area contributed by atoms with Crippen LogP contribution in [0, 0.1) is 45.8 Å². The van der Waals surface area contributed by atoms with Gasteiger partial charge in [-0.3, -0.25) is 0 Å². The number of aryl methyl sites for hydroxylation is 1. The summed E-state index contributed by atoms with van der Waals surface area (Å²) < 4.78 is 96.5. The molecule has 0 heterocycles. The van der Waals surface area contributed by atoms with Gasteiger partial charge in [0.25, 0.3) is 0 Å². The van der Waals surface area contributed by atoms with Crippen LogP contribution in [-0.4, -0.2) is 6.36 Å². The lowest BCUT2D eigenvalue weighted by Gasteiger charge is -2.12. The monoisotopic (exact) mass is 495 g/mol. The zero-order valence-corrected chi connectivity index (χ0v) is 18.0. The highest BCUT2D eigenvalue weighted by molar-refractivity contribution is 8.03. The van der Waals surface area contributed by atoms with E-state index in [1.807, 2.05) is 0 Å². The lowest BCUT2D eigenvalue weighted by Crippen LogP contribution is -2.19. The molecule has 0 saturated heterocycles. The molecule has 0 aliphatic rings. The highest BCUT2D eigenvalue weighted by atomic mass is 32.2. The van der Waals surface area contributed by atoms with Crippen molar-refractivity contribution in [3.05, 3.63) is 82.4 Å². The van der Waals surface area contributed by atoms with E-state index in [4.69, 9.17) is 5.26 Å². The van der Waals surface area contributed by atoms with Gasteiger partial charge in [0.05, 0.1) is 4.90 Å². The Morgan fingerprint density at radius 2 is 1.47 bits per heavy atom. The average molecular weight is 495 g/mol. The van der Waals surface area contributed by atoms with Gasteiger partial charge in [-0.1, -0.05) is 24.8 Å². The first-order valence-corrected chi connectivity index (χ1v) is 10.3. The van der Waals surface area contributed by atoms with E-state index in [0.717, 1.165) is 24.3 Å². The first-order chi connectivity index (χ1) is 16.0. The number of thioether (sulfide) groups is 1. The van der Waals surface area contributed by atoms with E-state index in [-0.39, 0.29) is 11.1 Å². The van der Waals surface area contributed by atoms with Crippen LogP contribution in [0.2, 0.25) is 0 Å². The van der Waals surface area contributed by atoms with Crippen molar-refractivity contribution in [2.45, 2.75) is 24.6 Å². The maximum atomic E-state index is 14.1. The van der Waals surface area contributed by atoms with Crippen LogP contribution in [0.3, 0.4) is 0 Å². The predicted octanol–water partition coefficient (Wildman–Crippen LogP) is 7.34. The van der Waals surface area contributed by atoms with Crippen molar-refractivity contribution in [2.75, 3.05) is 0 Å². The summed E-state index contributed by atoms with van der Waals surface area (Å²) in [5.74, 6) is -1.03. The average Bonchev–Trinajstić information content (AvgIpc) is 2.76. The van der Waals surface area contributed by atoms with Crippen LogP contribution in [0.1, 0.15) is 23.6 Å². The van der Waals surface area contributed by atoms with E-state index >= 15 is 0 Å². The zero-order chi connectivity index (χ0) is 25.0. The van der Waals surface area contributed by atoms with E-state index in [1.165, 1.54) is 12.1 Å². The SMILES string of the molecule is CCc1cc(-c2cc(F)c(OC(F)(F)F)c(F)c2)ccc1C#Cc1cc(F)c(SC#N)c(F)c1. The molecule has 0 aliphatic heterocycles. The minimum atomic E-state index is -5.25. The molecular weight excluding hydrogens is 483 g/mol. The summed E-state index contributed by atoms with van der Waals surface area (Å²) in [7, 11) is 0. The number of halogens is 7. The van der Waals surface area contributed by atoms with Crippen LogP contribution in [0.4, 0.5) is 30.7 Å². The molecule has 0 N–H and O–H groups in total. The Morgan fingerprint density at radius 3 is 2.00 bits per heavy atom. The Morgan fingerprint density at radius 1 is 0.853 bits per heavy atom. The third-order valence-corrected chi connectivity index (χ3v) is 5.21. The topological polar surface area (TPSA) is 33.0 Å². The maximum absolute atomic E-state index is 14.1. The second-order valence-electron chi connectivity index (χ2n) is 6.75. The van der Waals surface area contributed by atoms with Crippen molar-refractivity contribution in [2.24, 2.45) is 0 Å². The van der Waals surface area contributed by atoms with E-state index < -0.39 is 40.3 Å². The minimum Gasteiger partial charge on any atom is -0.399 e. The molecule has 34 heavy (non-hydrogen) atoms. The van der Waals surface area contributed by atoms with Gasteiger partial charge in [-0.15, -0.1) is 13.2 Å². The van der Waals surface area contributed by atoms with Gasteiger partial charge in [-0.2, -0.15) is 5.26 Å². The van der Waals surface area contributed by atoms with Gasteiger partial charge in [0, 0.05) is 11.1 Å². The number of thiocyanates is 1. The molecular formula is C24H12F7NOS. The number of alkyl halides is 3. The summed E-state index contributed by atoms with van der Waals surface area (Å²) in [6.45, 7) is 1.78. The largest absolute Gasteiger partial charge is 0.573 e. The number of nitrogens with zero attached hydrogens (tertiary/aromatic N) is 1. The first-order valence-electron chi connectivity index (χ1n) is 9.47. The minimum absolute atomic E-state index is 0.0199. The second kappa shape index (κ2) is 10.1. The molecule has 0 aliphatic carbocycles. The van der Waals surface area contributed by atoms with Gasteiger partial charge >= 0.3 is 6.36 Å².